The Morgan fingerprint density at radius 1 is 1.05 bits per heavy atom. The number of hydrogen-bond acceptors (Lipinski definition) is 2. The van der Waals surface area contributed by atoms with Crippen LogP contribution in [0.5, 0.6) is 5.75 Å². The Morgan fingerprint density at radius 2 is 1.81 bits per heavy atom. The van der Waals surface area contributed by atoms with Crippen molar-refractivity contribution in [3.05, 3.63) is 65.2 Å². The van der Waals surface area contributed by atoms with Gasteiger partial charge < -0.3 is 10.1 Å². The summed E-state index contributed by atoms with van der Waals surface area (Å²) < 4.78 is 5.79. The highest BCUT2D eigenvalue weighted by molar-refractivity contribution is 5.32. The van der Waals surface area contributed by atoms with Crippen molar-refractivity contribution in [3.63, 3.8) is 0 Å². The van der Waals surface area contributed by atoms with Gasteiger partial charge in [-0.25, -0.2) is 0 Å². The maximum absolute atomic E-state index is 5.79. The van der Waals surface area contributed by atoms with E-state index in [0.29, 0.717) is 6.04 Å². The lowest BCUT2D eigenvalue weighted by molar-refractivity contribution is 0.242. The molecule has 0 bridgehead atoms. The molecular formula is C19H25NO. The van der Waals surface area contributed by atoms with Crippen molar-refractivity contribution in [2.24, 2.45) is 0 Å². The fourth-order valence-corrected chi connectivity index (χ4v) is 2.54. The van der Waals surface area contributed by atoms with E-state index in [9.17, 15) is 0 Å². The van der Waals surface area contributed by atoms with Crippen LogP contribution in [0.4, 0.5) is 0 Å². The normalized spacial score (nSPS) is 12.4. The summed E-state index contributed by atoms with van der Waals surface area (Å²) in [4.78, 5) is 0. The molecule has 0 fully saturated rings. The molecule has 0 aliphatic carbocycles. The lowest BCUT2D eigenvalue weighted by Gasteiger charge is -2.19. The summed E-state index contributed by atoms with van der Waals surface area (Å²) in [7, 11) is 2.01. The van der Waals surface area contributed by atoms with E-state index in [1.807, 2.05) is 13.1 Å². The SMILES string of the molecule is CNC(Cc1cccc(C)c1)c1cccc(OC(C)C)c1. The van der Waals surface area contributed by atoms with Crippen LogP contribution in [0.2, 0.25) is 0 Å². The molecule has 2 aromatic carbocycles. The van der Waals surface area contributed by atoms with Crippen molar-refractivity contribution in [1.29, 1.82) is 0 Å². The minimum atomic E-state index is 0.199. The van der Waals surface area contributed by atoms with Crippen molar-refractivity contribution >= 4 is 0 Å². The van der Waals surface area contributed by atoms with Crippen molar-refractivity contribution in [2.45, 2.75) is 39.3 Å². The quantitative estimate of drug-likeness (QED) is 0.854. The number of hydrogen-bond donors (Lipinski definition) is 1. The van der Waals surface area contributed by atoms with Gasteiger partial charge in [-0.1, -0.05) is 42.0 Å². The fraction of sp³-hybridized carbons (Fsp3) is 0.368. The Balaban J connectivity index is 2.17. The Labute approximate surface area is 128 Å². The van der Waals surface area contributed by atoms with Crippen molar-refractivity contribution in [3.8, 4) is 5.75 Å². The molecule has 0 saturated carbocycles. The minimum Gasteiger partial charge on any atom is -0.491 e. The van der Waals surface area contributed by atoms with E-state index >= 15 is 0 Å². The molecule has 0 heterocycles. The van der Waals surface area contributed by atoms with E-state index in [-0.39, 0.29) is 6.10 Å². The average Bonchev–Trinajstić information content (AvgIpc) is 2.44. The third kappa shape index (κ3) is 4.61. The monoisotopic (exact) mass is 283 g/mol. The van der Waals surface area contributed by atoms with Gasteiger partial charge >= 0.3 is 0 Å². The van der Waals surface area contributed by atoms with Crippen LogP contribution in [0.15, 0.2) is 48.5 Å². The predicted octanol–water partition coefficient (Wildman–Crippen LogP) is 4.29. The second-order valence-corrected chi connectivity index (χ2v) is 5.77. The number of likely N-dealkylation sites (N-methyl/N-ethyl adjacent to an activating group) is 1. The average molecular weight is 283 g/mol. The summed E-state index contributed by atoms with van der Waals surface area (Å²) >= 11 is 0. The van der Waals surface area contributed by atoms with E-state index in [1.165, 1.54) is 16.7 Å². The summed E-state index contributed by atoms with van der Waals surface area (Å²) in [6.07, 6.45) is 1.17. The van der Waals surface area contributed by atoms with Crippen LogP contribution in [0.25, 0.3) is 0 Å². The van der Waals surface area contributed by atoms with Gasteiger partial charge in [-0.2, -0.15) is 0 Å². The van der Waals surface area contributed by atoms with E-state index in [1.54, 1.807) is 0 Å². The van der Waals surface area contributed by atoms with Gasteiger partial charge in [-0.15, -0.1) is 0 Å². The highest BCUT2D eigenvalue weighted by atomic mass is 16.5. The smallest absolute Gasteiger partial charge is 0.120 e. The fourth-order valence-electron chi connectivity index (χ4n) is 2.54. The second kappa shape index (κ2) is 7.28. The molecule has 0 aromatic heterocycles. The van der Waals surface area contributed by atoms with Gasteiger partial charge in [0.2, 0.25) is 0 Å². The van der Waals surface area contributed by atoms with Crippen LogP contribution in [0.1, 0.15) is 36.6 Å². The maximum Gasteiger partial charge on any atom is 0.120 e. The van der Waals surface area contributed by atoms with E-state index in [2.05, 4.69) is 68.6 Å². The van der Waals surface area contributed by atoms with Gasteiger partial charge in [-0.3, -0.25) is 0 Å². The molecule has 1 atom stereocenters. The van der Waals surface area contributed by atoms with Crippen LogP contribution < -0.4 is 10.1 Å². The number of benzene rings is 2. The highest BCUT2D eigenvalue weighted by Crippen LogP contribution is 2.23. The van der Waals surface area contributed by atoms with Gasteiger partial charge in [0.25, 0.3) is 0 Å². The number of ether oxygens (including phenoxy) is 1. The first-order chi connectivity index (χ1) is 10.1. The largest absolute Gasteiger partial charge is 0.491 e. The van der Waals surface area contributed by atoms with Crippen molar-refractivity contribution in [1.82, 2.24) is 5.32 Å². The number of aryl methyl sites for hydroxylation is 1. The van der Waals surface area contributed by atoms with Gasteiger partial charge in [0, 0.05) is 6.04 Å². The predicted molar refractivity (Wildman–Crippen MR) is 88.9 cm³/mol. The van der Waals surface area contributed by atoms with Crippen LogP contribution in [-0.4, -0.2) is 13.2 Å². The Morgan fingerprint density at radius 3 is 2.48 bits per heavy atom. The van der Waals surface area contributed by atoms with Gasteiger partial charge in [0.05, 0.1) is 6.10 Å². The molecule has 2 aromatic rings. The molecule has 0 spiro atoms. The Bertz CT molecular complexity index is 577. The molecule has 1 unspecified atom stereocenters. The summed E-state index contributed by atoms with van der Waals surface area (Å²) in [5.41, 5.74) is 3.92. The van der Waals surface area contributed by atoms with E-state index in [4.69, 9.17) is 4.74 Å². The van der Waals surface area contributed by atoms with Crippen LogP contribution in [0, 0.1) is 6.92 Å². The molecule has 0 radical (unpaired) electrons. The number of rotatable bonds is 6. The van der Waals surface area contributed by atoms with Crippen LogP contribution in [-0.2, 0) is 6.42 Å². The third-order valence-corrected chi connectivity index (χ3v) is 3.50. The maximum atomic E-state index is 5.79. The lowest BCUT2D eigenvalue weighted by atomic mass is 9.98. The molecule has 0 amide bonds. The van der Waals surface area contributed by atoms with E-state index < -0.39 is 0 Å². The molecule has 0 aliphatic rings. The van der Waals surface area contributed by atoms with Crippen LogP contribution >= 0.6 is 0 Å². The van der Waals surface area contributed by atoms with Gasteiger partial charge in [-0.05, 0) is 57.5 Å². The molecular weight excluding hydrogens is 258 g/mol. The zero-order chi connectivity index (χ0) is 15.2. The molecule has 1 N–H and O–H groups in total. The standard InChI is InChI=1S/C19H25NO/c1-14(2)21-18-10-6-9-17(13-18)19(20-4)12-16-8-5-7-15(3)11-16/h5-11,13-14,19-20H,12H2,1-4H3. The molecule has 2 heteroatoms. The molecule has 2 rings (SSSR count). The summed E-state index contributed by atoms with van der Waals surface area (Å²) in [5, 5.41) is 3.41. The first kappa shape index (κ1) is 15.6. The first-order valence-corrected chi connectivity index (χ1v) is 7.58. The summed E-state index contributed by atoms with van der Waals surface area (Å²) in [5.74, 6) is 0.937. The Kier molecular flexibility index (Phi) is 5.40. The lowest BCUT2D eigenvalue weighted by Crippen LogP contribution is -2.19. The third-order valence-electron chi connectivity index (χ3n) is 3.50. The van der Waals surface area contributed by atoms with Crippen molar-refractivity contribution < 1.29 is 4.74 Å². The molecule has 112 valence electrons. The zero-order valence-electron chi connectivity index (χ0n) is 13.4. The first-order valence-electron chi connectivity index (χ1n) is 7.58. The van der Waals surface area contributed by atoms with Crippen molar-refractivity contribution in [2.75, 3.05) is 7.05 Å². The second-order valence-electron chi connectivity index (χ2n) is 5.77. The minimum absolute atomic E-state index is 0.199. The Hall–Kier alpha value is -1.80. The van der Waals surface area contributed by atoms with Crippen LogP contribution in [0.3, 0.4) is 0 Å². The highest BCUT2D eigenvalue weighted by Gasteiger charge is 2.11. The number of nitrogens with one attached hydrogen (secondary N) is 1. The summed E-state index contributed by atoms with van der Waals surface area (Å²) in [6, 6.07) is 17.4. The summed E-state index contributed by atoms with van der Waals surface area (Å²) in [6.45, 7) is 6.24. The molecule has 0 aliphatic heterocycles. The van der Waals surface area contributed by atoms with Gasteiger partial charge in [0.15, 0.2) is 0 Å². The molecule has 0 saturated heterocycles. The zero-order valence-corrected chi connectivity index (χ0v) is 13.4. The van der Waals surface area contributed by atoms with E-state index in [0.717, 1.165) is 12.2 Å². The molecule has 2 nitrogen and oxygen atoms in total. The van der Waals surface area contributed by atoms with Gasteiger partial charge in [0.1, 0.15) is 5.75 Å². The topological polar surface area (TPSA) is 21.3 Å². The molecule has 21 heavy (non-hydrogen) atoms.